The number of benzene rings is 2. The Hall–Kier alpha value is -1.61. The van der Waals surface area contributed by atoms with Crippen molar-refractivity contribution < 1.29 is 9.53 Å². The smallest absolute Gasteiger partial charge is 0.150 e. The van der Waals surface area contributed by atoms with Gasteiger partial charge in [-0.15, -0.1) is 0 Å². The van der Waals surface area contributed by atoms with Crippen molar-refractivity contribution in [1.29, 1.82) is 0 Å². The number of hydrogen-bond acceptors (Lipinski definition) is 2. The first-order valence-electron chi connectivity index (χ1n) is 5.60. The van der Waals surface area contributed by atoms with E-state index in [2.05, 4.69) is 15.9 Å². The van der Waals surface area contributed by atoms with Crippen LogP contribution in [0.1, 0.15) is 21.5 Å². The minimum atomic E-state index is 0.616. The van der Waals surface area contributed by atoms with Gasteiger partial charge >= 0.3 is 0 Å². The Morgan fingerprint density at radius 1 is 1.00 bits per heavy atom. The van der Waals surface area contributed by atoms with Crippen LogP contribution in [0.25, 0.3) is 0 Å². The lowest BCUT2D eigenvalue weighted by molar-refractivity contribution is 0.112. The van der Waals surface area contributed by atoms with Gasteiger partial charge in [-0.2, -0.15) is 0 Å². The monoisotopic (exact) mass is 304 g/mol. The lowest BCUT2D eigenvalue weighted by Crippen LogP contribution is -1.92. The second-order valence-corrected chi connectivity index (χ2v) is 5.07. The average molecular weight is 305 g/mol. The molecule has 0 heterocycles. The van der Waals surface area contributed by atoms with E-state index in [1.165, 1.54) is 0 Å². The predicted molar refractivity (Wildman–Crippen MR) is 75.5 cm³/mol. The molecule has 0 N–H and O–H groups in total. The van der Waals surface area contributed by atoms with E-state index < -0.39 is 0 Å². The van der Waals surface area contributed by atoms with Gasteiger partial charge in [-0.3, -0.25) is 4.79 Å². The van der Waals surface area contributed by atoms with Crippen LogP contribution in [0.15, 0.2) is 40.9 Å². The largest absolute Gasteiger partial charge is 0.457 e. The fourth-order valence-electron chi connectivity index (χ4n) is 1.65. The van der Waals surface area contributed by atoms with E-state index in [1.807, 2.05) is 38.1 Å². The molecule has 0 saturated carbocycles. The highest BCUT2D eigenvalue weighted by atomic mass is 79.9. The van der Waals surface area contributed by atoms with Gasteiger partial charge in [-0.25, -0.2) is 0 Å². The van der Waals surface area contributed by atoms with Crippen LogP contribution in [0.4, 0.5) is 0 Å². The zero-order chi connectivity index (χ0) is 13.1. The SMILES string of the molecule is Cc1cc(Br)ccc1Oc1cc(C=O)ccc1C. The molecule has 2 aromatic carbocycles. The number of aldehydes is 1. The first-order valence-corrected chi connectivity index (χ1v) is 6.39. The molecule has 3 heteroatoms. The quantitative estimate of drug-likeness (QED) is 0.770. The maximum atomic E-state index is 10.8. The average Bonchev–Trinajstić information content (AvgIpc) is 2.35. The molecule has 0 amide bonds. The molecular formula is C15H13BrO2. The minimum Gasteiger partial charge on any atom is -0.457 e. The number of ether oxygens (including phenoxy) is 1. The maximum absolute atomic E-state index is 10.8. The highest BCUT2D eigenvalue weighted by Crippen LogP contribution is 2.29. The van der Waals surface area contributed by atoms with E-state index in [4.69, 9.17) is 4.74 Å². The molecule has 2 aromatic rings. The minimum absolute atomic E-state index is 0.616. The highest BCUT2D eigenvalue weighted by Gasteiger charge is 2.05. The Morgan fingerprint density at radius 3 is 2.44 bits per heavy atom. The number of aryl methyl sites for hydroxylation is 2. The molecule has 2 nitrogen and oxygen atoms in total. The number of hydrogen-bond donors (Lipinski definition) is 0. The van der Waals surface area contributed by atoms with Crippen LogP contribution in [0, 0.1) is 13.8 Å². The van der Waals surface area contributed by atoms with Gasteiger partial charge in [-0.1, -0.05) is 28.1 Å². The number of halogens is 1. The Kier molecular flexibility index (Phi) is 3.82. The van der Waals surface area contributed by atoms with E-state index in [1.54, 1.807) is 12.1 Å². The molecule has 2 rings (SSSR count). The Labute approximate surface area is 115 Å². The van der Waals surface area contributed by atoms with Gasteiger partial charge in [-0.05, 0) is 49.2 Å². The second-order valence-electron chi connectivity index (χ2n) is 4.15. The van der Waals surface area contributed by atoms with Gasteiger partial charge in [0.1, 0.15) is 17.8 Å². The third-order valence-corrected chi connectivity index (χ3v) is 3.20. The molecule has 0 spiro atoms. The fourth-order valence-corrected chi connectivity index (χ4v) is 2.12. The molecule has 0 aliphatic carbocycles. The molecular weight excluding hydrogens is 292 g/mol. The second kappa shape index (κ2) is 5.36. The van der Waals surface area contributed by atoms with Crippen molar-refractivity contribution in [3.05, 3.63) is 57.6 Å². The Balaban J connectivity index is 2.36. The predicted octanol–water partition coefficient (Wildman–Crippen LogP) is 4.67. The van der Waals surface area contributed by atoms with E-state index in [-0.39, 0.29) is 0 Å². The third-order valence-electron chi connectivity index (χ3n) is 2.71. The summed E-state index contributed by atoms with van der Waals surface area (Å²) in [6.07, 6.45) is 0.820. The molecule has 0 aliphatic heterocycles. The lowest BCUT2D eigenvalue weighted by Gasteiger charge is -2.11. The molecule has 0 aromatic heterocycles. The van der Waals surface area contributed by atoms with Crippen molar-refractivity contribution in [1.82, 2.24) is 0 Å². The maximum Gasteiger partial charge on any atom is 0.150 e. The molecule has 0 fully saturated rings. The number of carbonyl (C=O) groups is 1. The third kappa shape index (κ3) is 2.79. The normalized spacial score (nSPS) is 10.2. The molecule has 0 radical (unpaired) electrons. The van der Waals surface area contributed by atoms with Crippen LogP contribution in [-0.4, -0.2) is 6.29 Å². The van der Waals surface area contributed by atoms with Crippen LogP contribution in [0.2, 0.25) is 0 Å². The lowest BCUT2D eigenvalue weighted by atomic mass is 10.1. The summed E-state index contributed by atoms with van der Waals surface area (Å²) in [5.41, 5.74) is 2.66. The Morgan fingerprint density at radius 2 is 1.78 bits per heavy atom. The van der Waals surface area contributed by atoms with Crippen LogP contribution in [-0.2, 0) is 0 Å². The molecule has 0 saturated heterocycles. The van der Waals surface area contributed by atoms with Gasteiger partial charge in [0, 0.05) is 10.0 Å². The van der Waals surface area contributed by atoms with E-state index in [9.17, 15) is 4.79 Å². The summed E-state index contributed by atoms with van der Waals surface area (Å²) in [6.45, 7) is 3.94. The zero-order valence-electron chi connectivity index (χ0n) is 10.2. The zero-order valence-corrected chi connectivity index (χ0v) is 11.8. The number of rotatable bonds is 3. The standard InChI is InChI=1S/C15H13BrO2/c1-10-3-4-12(9-17)8-15(10)18-14-6-5-13(16)7-11(14)2/h3-9H,1-2H3. The number of carbonyl (C=O) groups excluding carboxylic acids is 1. The highest BCUT2D eigenvalue weighted by molar-refractivity contribution is 9.10. The summed E-state index contributed by atoms with van der Waals surface area (Å²) >= 11 is 3.42. The topological polar surface area (TPSA) is 26.3 Å². The van der Waals surface area contributed by atoms with Crippen molar-refractivity contribution in [3.63, 3.8) is 0 Å². The Bertz CT molecular complexity index is 591. The molecule has 0 atom stereocenters. The van der Waals surface area contributed by atoms with E-state index >= 15 is 0 Å². The van der Waals surface area contributed by atoms with Gasteiger partial charge in [0.15, 0.2) is 0 Å². The molecule has 0 unspecified atom stereocenters. The van der Waals surface area contributed by atoms with Crippen LogP contribution in [0.3, 0.4) is 0 Å². The van der Waals surface area contributed by atoms with Gasteiger partial charge in [0.2, 0.25) is 0 Å². The fraction of sp³-hybridized carbons (Fsp3) is 0.133. The summed E-state index contributed by atoms with van der Waals surface area (Å²) in [7, 11) is 0. The summed E-state index contributed by atoms with van der Waals surface area (Å²) < 4.78 is 6.88. The molecule has 0 bridgehead atoms. The van der Waals surface area contributed by atoms with E-state index in [0.717, 1.165) is 27.6 Å². The summed E-state index contributed by atoms with van der Waals surface area (Å²) in [5, 5.41) is 0. The first kappa shape index (κ1) is 12.8. The summed E-state index contributed by atoms with van der Waals surface area (Å²) in [5.74, 6) is 1.51. The molecule has 0 aliphatic rings. The summed E-state index contributed by atoms with van der Waals surface area (Å²) in [6, 6.07) is 11.3. The van der Waals surface area contributed by atoms with Crippen molar-refractivity contribution in [2.75, 3.05) is 0 Å². The van der Waals surface area contributed by atoms with E-state index in [0.29, 0.717) is 11.3 Å². The molecule has 18 heavy (non-hydrogen) atoms. The summed E-state index contributed by atoms with van der Waals surface area (Å²) in [4.78, 5) is 10.8. The van der Waals surface area contributed by atoms with Crippen LogP contribution in [0.5, 0.6) is 11.5 Å². The van der Waals surface area contributed by atoms with Crippen molar-refractivity contribution in [2.24, 2.45) is 0 Å². The van der Waals surface area contributed by atoms with Crippen LogP contribution < -0.4 is 4.74 Å². The van der Waals surface area contributed by atoms with Gasteiger partial charge in [0.25, 0.3) is 0 Å². The first-order chi connectivity index (χ1) is 8.60. The van der Waals surface area contributed by atoms with Gasteiger partial charge in [0.05, 0.1) is 0 Å². The van der Waals surface area contributed by atoms with Crippen molar-refractivity contribution in [2.45, 2.75) is 13.8 Å². The van der Waals surface area contributed by atoms with Gasteiger partial charge < -0.3 is 4.74 Å². The molecule has 92 valence electrons. The van der Waals surface area contributed by atoms with Crippen molar-refractivity contribution >= 4 is 22.2 Å². The van der Waals surface area contributed by atoms with Crippen LogP contribution >= 0.6 is 15.9 Å². The van der Waals surface area contributed by atoms with Crippen molar-refractivity contribution in [3.8, 4) is 11.5 Å².